The Balaban J connectivity index is 4.48. The molecule has 14 heavy (non-hydrogen) atoms. The lowest BCUT2D eigenvalue weighted by molar-refractivity contribution is -0.149. The Morgan fingerprint density at radius 3 is 1.71 bits per heavy atom. The van der Waals surface area contributed by atoms with Crippen molar-refractivity contribution < 1.29 is 24.9 Å². The Morgan fingerprint density at radius 2 is 1.50 bits per heavy atom. The molecule has 0 atom stereocenters. The van der Waals surface area contributed by atoms with Gasteiger partial charge >= 0.3 is 11.9 Å². The average molecular weight is 204 g/mol. The van der Waals surface area contributed by atoms with Gasteiger partial charge in [-0.1, -0.05) is 13.8 Å². The van der Waals surface area contributed by atoms with Crippen molar-refractivity contribution in [1.29, 1.82) is 0 Å². The smallest absolute Gasteiger partial charge is 0.306 e. The lowest BCUT2D eigenvalue weighted by Crippen LogP contribution is -2.36. The molecule has 0 aromatic heterocycles. The van der Waals surface area contributed by atoms with E-state index in [4.69, 9.17) is 10.2 Å². The summed E-state index contributed by atoms with van der Waals surface area (Å²) in [6.07, 6.45) is -0.888. The van der Waals surface area contributed by atoms with E-state index in [1.807, 2.05) is 0 Å². The number of carboxylic acid groups (broad SMARTS) is 2. The van der Waals surface area contributed by atoms with E-state index in [2.05, 4.69) is 0 Å². The van der Waals surface area contributed by atoms with Gasteiger partial charge in [-0.25, -0.2) is 0 Å². The van der Waals surface area contributed by atoms with Gasteiger partial charge in [0.05, 0.1) is 18.4 Å². The first-order valence-electron chi connectivity index (χ1n) is 4.41. The molecule has 0 spiro atoms. The van der Waals surface area contributed by atoms with Crippen LogP contribution in [0.5, 0.6) is 0 Å². The number of hydrogen-bond acceptors (Lipinski definition) is 3. The monoisotopic (exact) mass is 204 g/mol. The van der Waals surface area contributed by atoms with Crippen molar-refractivity contribution in [3.05, 3.63) is 0 Å². The summed E-state index contributed by atoms with van der Waals surface area (Å²) in [5, 5.41) is 26.8. The summed E-state index contributed by atoms with van der Waals surface area (Å²) in [4.78, 5) is 20.8. The molecule has 0 aromatic rings. The van der Waals surface area contributed by atoms with Gasteiger partial charge in [0, 0.05) is 0 Å². The molecule has 0 aliphatic rings. The zero-order valence-corrected chi connectivity index (χ0v) is 8.36. The summed E-state index contributed by atoms with van der Waals surface area (Å²) in [6, 6.07) is 0. The second kappa shape index (κ2) is 4.95. The van der Waals surface area contributed by atoms with Crippen LogP contribution in [0.15, 0.2) is 0 Å². The summed E-state index contributed by atoms with van der Waals surface area (Å²) < 4.78 is 0. The third kappa shape index (κ3) is 5.53. The molecule has 3 N–H and O–H groups in total. The van der Waals surface area contributed by atoms with Crippen molar-refractivity contribution in [3.8, 4) is 0 Å². The van der Waals surface area contributed by atoms with Crippen LogP contribution in [0.2, 0.25) is 0 Å². The third-order valence-electron chi connectivity index (χ3n) is 1.75. The quantitative estimate of drug-likeness (QED) is 0.592. The van der Waals surface area contributed by atoms with Gasteiger partial charge in [0.2, 0.25) is 0 Å². The molecule has 0 bridgehead atoms. The normalized spacial score (nSPS) is 11.7. The van der Waals surface area contributed by atoms with E-state index in [-0.39, 0.29) is 12.3 Å². The van der Waals surface area contributed by atoms with Gasteiger partial charge in [-0.15, -0.1) is 0 Å². The number of carboxylic acids is 2. The number of aliphatic hydroxyl groups is 1. The van der Waals surface area contributed by atoms with Crippen LogP contribution in [0.25, 0.3) is 0 Å². The Labute approximate surface area is 82.4 Å². The van der Waals surface area contributed by atoms with Gasteiger partial charge in [0.1, 0.15) is 0 Å². The van der Waals surface area contributed by atoms with E-state index >= 15 is 0 Å². The van der Waals surface area contributed by atoms with Crippen molar-refractivity contribution in [2.45, 2.75) is 38.7 Å². The van der Waals surface area contributed by atoms with E-state index in [1.165, 1.54) is 0 Å². The summed E-state index contributed by atoms with van der Waals surface area (Å²) in [5.74, 6) is -2.32. The van der Waals surface area contributed by atoms with Gasteiger partial charge in [0.25, 0.3) is 0 Å². The summed E-state index contributed by atoms with van der Waals surface area (Å²) in [7, 11) is 0. The molecule has 0 aliphatic heterocycles. The van der Waals surface area contributed by atoms with Gasteiger partial charge in [-0.2, -0.15) is 0 Å². The summed E-state index contributed by atoms with van der Waals surface area (Å²) >= 11 is 0. The standard InChI is InChI=1S/C9H16O5/c1-6(2)3-9(14,4-7(10)11)5-8(12)13/h6,14H,3-5H2,1-2H3,(H,10,11)(H,12,13). The van der Waals surface area contributed by atoms with Crippen molar-refractivity contribution >= 4 is 11.9 Å². The number of rotatable bonds is 6. The van der Waals surface area contributed by atoms with Crippen LogP contribution >= 0.6 is 0 Å². The van der Waals surface area contributed by atoms with Crippen LogP contribution in [0.3, 0.4) is 0 Å². The van der Waals surface area contributed by atoms with E-state index in [9.17, 15) is 14.7 Å². The first-order valence-corrected chi connectivity index (χ1v) is 4.41. The fourth-order valence-corrected chi connectivity index (χ4v) is 1.53. The maximum Gasteiger partial charge on any atom is 0.306 e. The topological polar surface area (TPSA) is 94.8 Å². The second-order valence-electron chi connectivity index (χ2n) is 3.96. The lowest BCUT2D eigenvalue weighted by Gasteiger charge is -2.26. The maximum atomic E-state index is 10.4. The predicted molar refractivity (Wildman–Crippen MR) is 48.9 cm³/mol. The number of aliphatic carboxylic acids is 2. The highest BCUT2D eigenvalue weighted by atomic mass is 16.4. The average Bonchev–Trinajstić information content (AvgIpc) is 1.76. The second-order valence-corrected chi connectivity index (χ2v) is 3.96. The van der Waals surface area contributed by atoms with Gasteiger partial charge in [0.15, 0.2) is 0 Å². The van der Waals surface area contributed by atoms with Gasteiger partial charge in [-0.3, -0.25) is 9.59 Å². The first kappa shape index (κ1) is 12.9. The van der Waals surface area contributed by atoms with Gasteiger partial charge in [-0.05, 0) is 12.3 Å². The fraction of sp³-hybridized carbons (Fsp3) is 0.778. The lowest BCUT2D eigenvalue weighted by atomic mass is 9.86. The maximum absolute atomic E-state index is 10.4. The molecule has 0 saturated heterocycles. The minimum Gasteiger partial charge on any atom is -0.481 e. The zero-order chi connectivity index (χ0) is 11.4. The molecule has 82 valence electrons. The molecule has 0 fully saturated rings. The minimum absolute atomic E-state index is 0.0544. The number of carbonyl (C=O) groups is 2. The molecule has 0 unspecified atom stereocenters. The Bertz CT molecular complexity index is 205. The molecule has 0 rings (SSSR count). The van der Waals surface area contributed by atoms with Crippen molar-refractivity contribution in [1.82, 2.24) is 0 Å². The van der Waals surface area contributed by atoms with Crippen LogP contribution in [-0.4, -0.2) is 32.9 Å². The van der Waals surface area contributed by atoms with Crippen molar-refractivity contribution in [2.75, 3.05) is 0 Å². The summed E-state index contributed by atoms with van der Waals surface area (Å²) in [6.45, 7) is 3.60. The molecule has 0 amide bonds. The molecular formula is C9H16O5. The van der Waals surface area contributed by atoms with Crippen LogP contribution in [-0.2, 0) is 9.59 Å². The van der Waals surface area contributed by atoms with E-state index in [1.54, 1.807) is 13.8 Å². The largest absolute Gasteiger partial charge is 0.481 e. The van der Waals surface area contributed by atoms with E-state index in [0.717, 1.165) is 0 Å². The van der Waals surface area contributed by atoms with Crippen LogP contribution in [0, 0.1) is 5.92 Å². The molecule has 0 radical (unpaired) electrons. The molecule has 0 saturated carbocycles. The molecule has 5 nitrogen and oxygen atoms in total. The van der Waals surface area contributed by atoms with Crippen molar-refractivity contribution in [3.63, 3.8) is 0 Å². The Kier molecular flexibility index (Phi) is 4.56. The fourth-order valence-electron chi connectivity index (χ4n) is 1.53. The highest BCUT2D eigenvalue weighted by Gasteiger charge is 2.33. The summed E-state index contributed by atoms with van der Waals surface area (Å²) in [5.41, 5.74) is -1.63. The predicted octanol–water partition coefficient (Wildman–Crippen LogP) is 0.713. The Hall–Kier alpha value is -1.10. The molecule has 5 heteroatoms. The minimum atomic E-state index is -1.63. The van der Waals surface area contributed by atoms with Crippen molar-refractivity contribution in [2.24, 2.45) is 5.92 Å². The molecule has 0 aromatic carbocycles. The first-order chi connectivity index (χ1) is 6.25. The molecule has 0 aliphatic carbocycles. The van der Waals surface area contributed by atoms with Crippen LogP contribution in [0.4, 0.5) is 0 Å². The Morgan fingerprint density at radius 1 is 1.14 bits per heavy atom. The van der Waals surface area contributed by atoms with E-state index in [0.29, 0.717) is 0 Å². The van der Waals surface area contributed by atoms with Gasteiger partial charge < -0.3 is 15.3 Å². The van der Waals surface area contributed by atoms with E-state index < -0.39 is 30.4 Å². The molecular weight excluding hydrogens is 188 g/mol. The zero-order valence-electron chi connectivity index (χ0n) is 8.36. The van der Waals surface area contributed by atoms with Crippen LogP contribution in [0.1, 0.15) is 33.1 Å². The highest BCUT2D eigenvalue weighted by molar-refractivity contribution is 5.72. The third-order valence-corrected chi connectivity index (χ3v) is 1.75. The number of hydrogen-bond donors (Lipinski definition) is 3. The SMILES string of the molecule is CC(C)CC(O)(CC(=O)O)CC(=O)O. The highest BCUT2D eigenvalue weighted by Crippen LogP contribution is 2.24. The van der Waals surface area contributed by atoms with Crippen LogP contribution < -0.4 is 0 Å². The molecule has 0 heterocycles.